The van der Waals surface area contributed by atoms with Crippen LogP contribution in [0.15, 0.2) is 0 Å². The molecule has 0 N–H and O–H groups in total. The van der Waals surface area contributed by atoms with E-state index in [1.165, 1.54) is 25.9 Å². The Morgan fingerprint density at radius 3 is 2.91 bits per heavy atom. The average Bonchev–Trinajstić information content (AvgIpc) is 2.06. The van der Waals surface area contributed by atoms with Crippen molar-refractivity contribution in [1.82, 2.24) is 4.90 Å². The van der Waals surface area contributed by atoms with Gasteiger partial charge in [-0.25, -0.2) is 0 Å². The van der Waals surface area contributed by atoms with Crippen molar-refractivity contribution >= 4 is 0 Å². The summed E-state index contributed by atoms with van der Waals surface area (Å²) in [5, 5.41) is 0. The van der Waals surface area contributed by atoms with E-state index in [-0.39, 0.29) is 0 Å². The summed E-state index contributed by atoms with van der Waals surface area (Å²) < 4.78 is 5.57. The fraction of sp³-hybridized carbons (Fsp3) is 1.00. The minimum Gasteiger partial charge on any atom is -0.377 e. The predicted octanol–water partition coefficient (Wildman–Crippen LogP) is 1.51. The Kier molecular flexibility index (Phi) is 3.87. The van der Waals surface area contributed by atoms with Crippen LogP contribution in [0.1, 0.15) is 26.7 Å². The zero-order valence-corrected chi connectivity index (χ0v) is 7.68. The minimum atomic E-state index is 0.508. The number of likely N-dealkylation sites (tertiary alicyclic amines) is 1. The molecule has 0 saturated carbocycles. The molecule has 11 heavy (non-hydrogen) atoms. The summed E-state index contributed by atoms with van der Waals surface area (Å²) in [6, 6.07) is 0. The quantitative estimate of drug-likeness (QED) is 0.615. The second-order valence-electron chi connectivity index (χ2n) is 3.11. The molecule has 0 spiro atoms. The lowest BCUT2D eigenvalue weighted by Gasteiger charge is -2.31. The summed E-state index contributed by atoms with van der Waals surface area (Å²) in [6.07, 6.45) is 3.07. The van der Waals surface area contributed by atoms with Gasteiger partial charge >= 0.3 is 0 Å². The summed E-state index contributed by atoms with van der Waals surface area (Å²) in [5.41, 5.74) is 0. The fourth-order valence-electron chi connectivity index (χ4n) is 1.67. The highest BCUT2D eigenvalue weighted by Crippen LogP contribution is 2.12. The summed E-state index contributed by atoms with van der Waals surface area (Å²) in [6.45, 7) is 8.73. The van der Waals surface area contributed by atoms with Crippen LogP contribution in [0, 0.1) is 0 Å². The van der Waals surface area contributed by atoms with Gasteiger partial charge < -0.3 is 9.64 Å². The van der Waals surface area contributed by atoms with Crippen LogP contribution in [-0.4, -0.2) is 37.2 Å². The van der Waals surface area contributed by atoms with Gasteiger partial charge in [0.2, 0.25) is 0 Å². The number of piperidine rings is 1. The van der Waals surface area contributed by atoms with Crippen molar-refractivity contribution in [2.75, 3.05) is 26.2 Å². The van der Waals surface area contributed by atoms with Gasteiger partial charge in [0.1, 0.15) is 0 Å². The Labute approximate surface area is 69.5 Å². The predicted molar refractivity (Wildman–Crippen MR) is 46.8 cm³/mol. The molecule has 0 amide bonds. The molecule has 1 fully saturated rings. The Hall–Kier alpha value is -0.0800. The first-order valence-corrected chi connectivity index (χ1v) is 4.70. The number of hydrogen-bond acceptors (Lipinski definition) is 2. The zero-order chi connectivity index (χ0) is 8.10. The van der Waals surface area contributed by atoms with Gasteiger partial charge in [0.05, 0.1) is 6.10 Å². The van der Waals surface area contributed by atoms with E-state index in [4.69, 9.17) is 4.74 Å². The van der Waals surface area contributed by atoms with Crippen molar-refractivity contribution in [2.45, 2.75) is 32.8 Å². The first kappa shape index (κ1) is 9.01. The molecule has 66 valence electrons. The standard InChI is InChI=1S/C9H19NO/c1-3-10-7-5-6-9(8-10)11-4-2/h9H,3-8H2,1-2H3. The largest absolute Gasteiger partial charge is 0.377 e. The maximum Gasteiger partial charge on any atom is 0.0702 e. The van der Waals surface area contributed by atoms with Crippen molar-refractivity contribution in [1.29, 1.82) is 0 Å². The molecule has 1 aliphatic rings. The Bertz CT molecular complexity index is 104. The smallest absolute Gasteiger partial charge is 0.0702 e. The molecule has 1 unspecified atom stereocenters. The molecule has 0 bridgehead atoms. The molecule has 2 heteroatoms. The van der Waals surface area contributed by atoms with Gasteiger partial charge in [0.25, 0.3) is 0 Å². The SMILES string of the molecule is CCOC1CCCN(CC)C1. The van der Waals surface area contributed by atoms with E-state index in [0.29, 0.717) is 6.10 Å². The fourth-order valence-corrected chi connectivity index (χ4v) is 1.67. The normalized spacial score (nSPS) is 27.3. The second-order valence-corrected chi connectivity index (χ2v) is 3.11. The number of rotatable bonds is 3. The molecule has 1 rings (SSSR count). The van der Waals surface area contributed by atoms with Crippen LogP contribution in [-0.2, 0) is 4.74 Å². The zero-order valence-electron chi connectivity index (χ0n) is 7.68. The van der Waals surface area contributed by atoms with Gasteiger partial charge in [-0.3, -0.25) is 0 Å². The monoisotopic (exact) mass is 157 g/mol. The number of hydrogen-bond donors (Lipinski definition) is 0. The van der Waals surface area contributed by atoms with Crippen molar-refractivity contribution < 1.29 is 4.74 Å². The second kappa shape index (κ2) is 4.73. The third-order valence-electron chi connectivity index (χ3n) is 2.31. The molecule has 0 aromatic rings. The van der Waals surface area contributed by atoms with Crippen molar-refractivity contribution in [3.8, 4) is 0 Å². The van der Waals surface area contributed by atoms with E-state index in [1.54, 1.807) is 0 Å². The van der Waals surface area contributed by atoms with Gasteiger partial charge in [-0.15, -0.1) is 0 Å². The molecular weight excluding hydrogens is 138 g/mol. The summed E-state index contributed by atoms with van der Waals surface area (Å²) >= 11 is 0. The number of likely N-dealkylation sites (N-methyl/N-ethyl adjacent to an activating group) is 1. The Morgan fingerprint density at radius 2 is 2.27 bits per heavy atom. The molecule has 0 radical (unpaired) electrons. The average molecular weight is 157 g/mol. The van der Waals surface area contributed by atoms with Crippen LogP contribution in [0.3, 0.4) is 0 Å². The van der Waals surface area contributed by atoms with Crippen molar-refractivity contribution in [3.05, 3.63) is 0 Å². The highest BCUT2D eigenvalue weighted by atomic mass is 16.5. The number of ether oxygens (including phenoxy) is 1. The molecule has 0 aromatic heterocycles. The molecule has 1 heterocycles. The highest BCUT2D eigenvalue weighted by molar-refractivity contribution is 4.71. The van der Waals surface area contributed by atoms with Crippen LogP contribution in [0.4, 0.5) is 0 Å². The lowest BCUT2D eigenvalue weighted by molar-refractivity contribution is 0.00751. The molecular formula is C9H19NO. The van der Waals surface area contributed by atoms with E-state index in [2.05, 4.69) is 18.7 Å². The maximum atomic E-state index is 5.57. The highest BCUT2D eigenvalue weighted by Gasteiger charge is 2.17. The van der Waals surface area contributed by atoms with Crippen LogP contribution in [0.5, 0.6) is 0 Å². The van der Waals surface area contributed by atoms with Gasteiger partial charge in [-0.05, 0) is 32.9 Å². The molecule has 0 aromatic carbocycles. The lowest BCUT2D eigenvalue weighted by Crippen LogP contribution is -2.39. The first-order chi connectivity index (χ1) is 5.36. The van der Waals surface area contributed by atoms with Gasteiger partial charge in [0.15, 0.2) is 0 Å². The van der Waals surface area contributed by atoms with E-state index in [1.807, 2.05) is 0 Å². The van der Waals surface area contributed by atoms with E-state index in [9.17, 15) is 0 Å². The van der Waals surface area contributed by atoms with Crippen LogP contribution < -0.4 is 0 Å². The molecule has 1 saturated heterocycles. The molecule has 2 nitrogen and oxygen atoms in total. The Morgan fingerprint density at radius 1 is 1.45 bits per heavy atom. The van der Waals surface area contributed by atoms with Crippen molar-refractivity contribution in [2.24, 2.45) is 0 Å². The summed E-state index contributed by atoms with van der Waals surface area (Å²) in [5.74, 6) is 0. The van der Waals surface area contributed by atoms with E-state index in [0.717, 1.165) is 13.2 Å². The van der Waals surface area contributed by atoms with E-state index >= 15 is 0 Å². The van der Waals surface area contributed by atoms with Crippen molar-refractivity contribution in [3.63, 3.8) is 0 Å². The first-order valence-electron chi connectivity index (χ1n) is 4.70. The third kappa shape index (κ3) is 2.80. The Balaban J connectivity index is 2.21. The molecule has 1 atom stereocenters. The number of nitrogens with zero attached hydrogens (tertiary/aromatic N) is 1. The maximum absolute atomic E-state index is 5.57. The van der Waals surface area contributed by atoms with Crippen LogP contribution in [0.2, 0.25) is 0 Å². The van der Waals surface area contributed by atoms with Crippen LogP contribution >= 0.6 is 0 Å². The van der Waals surface area contributed by atoms with Gasteiger partial charge in [-0.2, -0.15) is 0 Å². The summed E-state index contributed by atoms with van der Waals surface area (Å²) in [7, 11) is 0. The molecule has 1 aliphatic heterocycles. The molecule has 0 aliphatic carbocycles. The third-order valence-corrected chi connectivity index (χ3v) is 2.31. The van der Waals surface area contributed by atoms with Gasteiger partial charge in [-0.1, -0.05) is 6.92 Å². The van der Waals surface area contributed by atoms with Gasteiger partial charge in [0, 0.05) is 13.2 Å². The van der Waals surface area contributed by atoms with E-state index < -0.39 is 0 Å². The topological polar surface area (TPSA) is 12.5 Å². The minimum absolute atomic E-state index is 0.508. The van der Waals surface area contributed by atoms with Crippen LogP contribution in [0.25, 0.3) is 0 Å². The summed E-state index contributed by atoms with van der Waals surface area (Å²) in [4.78, 5) is 2.46. The lowest BCUT2D eigenvalue weighted by atomic mass is 10.1.